The van der Waals surface area contributed by atoms with Crippen LogP contribution in [0.5, 0.6) is 0 Å². The molecule has 2 heterocycles. The molecule has 126 valence electrons. The summed E-state index contributed by atoms with van der Waals surface area (Å²) in [6, 6.07) is -0.534. The Morgan fingerprint density at radius 3 is 2.39 bits per heavy atom. The van der Waals surface area contributed by atoms with Crippen LogP contribution in [0.3, 0.4) is 0 Å². The van der Waals surface area contributed by atoms with Crippen LogP contribution in [0.15, 0.2) is 0 Å². The van der Waals surface area contributed by atoms with Crippen LogP contribution in [-0.4, -0.2) is 28.0 Å². The Labute approximate surface area is 136 Å². The van der Waals surface area contributed by atoms with Gasteiger partial charge in [-0.2, -0.15) is 0 Å². The number of anilines is 1. The predicted octanol–water partition coefficient (Wildman–Crippen LogP) is 2.38. The molecular weight excluding hydrogens is 294 g/mol. The van der Waals surface area contributed by atoms with E-state index in [1.165, 1.54) is 24.2 Å². The second-order valence-electron chi connectivity index (χ2n) is 6.92. The fourth-order valence-electron chi connectivity index (χ4n) is 4.14. The van der Waals surface area contributed by atoms with Gasteiger partial charge in [0.1, 0.15) is 5.69 Å². The van der Waals surface area contributed by atoms with Crippen LogP contribution in [0.4, 0.5) is 10.7 Å². The number of methoxy groups -OCH3 is 1. The average Bonchev–Trinajstić information content (AvgIpc) is 2.74. The smallest absolute Gasteiger partial charge is 0.317 e. The molecule has 1 aromatic rings. The Kier molecular flexibility index (Phi) is 3.91. The molecular formula is C16H25N5O2. The summed E-state index contributed by atoms with van der Waals surface area (Å²) in [6.45, 7) is 3.92. The number of primary amides is 1. The molecule has 1 atom stereocenters. The number of carbonyl (C=O) groups is 1. The van der Waals surface area contributed by atoms with Gasteiger partial charge in [-0.15, -0.1) is 0 Å². The van der Waals surface area contributed by atoms with E-state index in [0.717, 1.165) is 24.1 Å². The van der Waals surface area contributed by atoms with E-state index in [9.17, 15) is 4.79 Å². The molecule has 7 heteroatoms. The van der Waals surface area contributed by atoms with Crippen molar-refractivity contribution < 1.29 is 9.53 Å². The van der Waals surface area contributed by atoms with E-state index in [1.54, 1.807) is 7.11 Å². The van der Waals surface area contributed by atoms with Crippen LogP contribution in [0.2, 0.25) is 0 Å². The highest BCUT2D eigenvalue weighted by atomic mass is 16.5. The summed E-state index contributed by atoms with van der Waals surface area (Å²) in [5.41, 5.74) is 13.5. The lowest BCUT2D eigenvalue weighted by atomic mass is 9.81. The van der Waals surface area contributed by atoms with Crippen LogP contribution in [0.1, 0.15) is 75.0 Å². The topological polar surface area (TPSA) is 107 Å². The number of ether oxygens (including phenoxy) is 1. The molecule has 2 aliphatic rings. The van der Waals surface area contributed by atoms with Crippen molar-refractivity contribution in [1.29, 1.82) is 0 Å². The third kappa shape index (κ3) is 2.43. The molecule has 1 fully saturated rings. The molecule has 0 bridgehead atoms. The van der Waals surface area contributed by atoms with E-state index in [4.69, 9.17) is 16.2 Å². The number of amides is 2. The quantitative estimate of drug-likeness (QED) is 0.870. The van der Waals surface area contributed by atoms with Gasteiger partial charge >= 0.3 is 6.03 Å². The first-order valence-electron chi connectivity index (χ1n) is 8.17. The Morgan fingerprint density at radius 1 is 1.22 bits per heavy atom. The zero-order valence-electron chi connectivity index (χ0n) is 14.0. The summed E-state index contributed by atoms with van der Waals surface area (Å²) < 4.78 is 5.52. The van der Waals surface area contributed by atoms with Gasteiger partial charge in [0.05, 0.1) is 11.2 Å². The van der Waals surface area contributed by atoms with Crippen molar-refractivity contribution in [2.45, 2.75) is 63.6 Å². The van der Waals surface area contributed by atoms with Gasteiger partial charge in [0, 0.05) is 18.6 Å². The minimum absolute atomic E-state index is 0.230. The maximum Gasteiger partial charge on any atom is 0.317 e. The summed E-state index contributed by atoms with van der Waals surface area (Å²) >= 11 is 0. The van der Waals surface area contributed by atoms with Crippen molar-refractivity contribution in [3.8, 4) is 0 Å². The minimum Gasteiger partial charge on any atom is -0.368 e. The maximum atomic E-state index is 12.0. The standard InChI is InChI=1S/C16H25N5O2/c1-16(2)10-11(9-7-5-4-6-8-9)19-14(17)20-12(10)13(23-3)21(16)15(18)22/h9,13H,4-8H2,1-3H3,(H2,18,22)(H2,17,19,20). The normalized spacial score (nSPS) is 23.8. The van der Waals surface area contributed by atoms with Gasteiger partial charge < -0.3 is 16.2 Å². The van der Waals surface area contributed by atoms with Gasteiger partial charge in [0.25, 0.3) is 0 Å². The third-order valence-electron chi connectivity index (χ3n) is 5.12. The zero-order chi connectivity index (χ0) is 16.8. The van der Waals surface area contributed by atoms with E-state index in [0.29, 0.717) is 11.6 Å². The predicted molar refractivity (Wildman–Crippen MR) is 86.5 cm³/mol. The number of nitrogens with two attached hydrogens (primary N) is 2. The second kappa shape index (κ2) is 5.63. The van der Waals surface area contributed by atoms with Crippen LogP contribution in [0, 0.1) is 0 Å². The lowest BCUT2D eigenvalue weighted by molar-refractivity contribution is -0.0354. The zero-order valence-corrected chi connectivity index (χ0v) is 14.0. The Morgan fingerprint density at radius 2 is 1.83 bits per heavy atom. The first-order valence-corrected chi connectivity index (χ1v) is 8.17. The third-order valence-corrected chi connectivity index (χ3v) is 5.12. The molecule has 0 saturated heterocycles. The van der Waals surface area contributed by atoms with Crippen molar-refractivity contribution in [3.05, 3.63) is 17.0 Å². The number of fused-ring (bicyclic) bond motifs is 1. The SMILES string of the molecule is COC1c2nc(N)nc(C3CCCCC3)c2C(C)(C)N1C(N)=O. The molecule has 7 nitrogen and oxygen atoms in total. The summed E-state index contributed by atoms with van der Waals surface area (Å²) in [6.07, 6.45) is 5.20. The number of nitrogens with zero attached hydrogens (tertiary/aromatic N) is 3. The molecule has 1 saturated carbocycles. The first kappa shape index (κ1) is 16.0. The van der Waals surface area contributed by atoms with Crippen LogP contribution in [0.25, 0.3) is 0 Å². The van der Waals surface area contributed by atoms with Crippen molar-refractivity contribution in [2.24, 2.45) is 5.73 Å². The van der Waals surface area contributed by atoms with Gasteiger partial charge in [-0.05, 0) is 26.7 Å². The van der Waals surface area contributed by atoms with E-state index < -0.39 is 17.8 Å². The summed E-state index contributed by atoms with van der Waals surface area (Å²) in [5, 5.41) is 0. The number of rotatable bonds is 2. The van der Waals surface area contributed by atoms with Crippen LogP contribution >= 0.6 is 0 Å². The molecule has 3 rings (SSSR count). The monoisotopic (exact) mass is 319 g/mol. The first-order chi connectivity index (χ1) is 10.9. The molecule has 0 spiro atoms. The molecule has 0 radical (unpaired) electrons. The van der Waals surface area contributed by atoms with E-state index in [1.807, 2.05) is 13.8 Å². The fourth-order valence-corrected chi connectivity index (χ4v) is 4.14. The highest BCUT2D eigenvalue weighted by Gasteiger charge is 2.50. The average molecular weight is 319 g/mol. The number of urea groups is 1. The maximum absolute atomic E-state index is 12.0. The molecule has 23 heavy (non-hydrogen) atoms. The highest BCUT2D eigenvalue weighted by Crippen LogP contribution is 2.49. The number of aromatic nitrogens is 2. The molecule has 1 unspecified atom stereocenters. The van der Waals surface area contributed by atoms with Crippen LogP contribution < -0.4 is 11.5 Å². The number of carbonyl (C=O) groups excluding carboxylic acids is 1. The van der Waals surface area contributed by atoms with Crippen LogP contribution in [-0.2, 0) is 10.3 Å². The molecule has 2 amide bonds. The van der Waals surface area contributed by atoms with Crippen molar-refractivity contribution in [2.75, 3.05) is 12.8 Å². The number of nitrogen functional groups attached to an aromatic ring is 1. The molecule has 4 N–H and O–H groups in total. The minimum atomic E-state index is -0.623. The van der Waals surface area contributed by atoms with Crippen molar-refractivity contribution >= 4 is 12.0 Å². The number of hydrogen-bond donors (Lipinski definition) is 2. The Balaban J connectivity index is 2.18. The Bertz CT molecular complexity index is 625. The summed E-state index contributed by atoms with van der Waals surface area (Å²) in [4.78, 5) is 22.5. The number of hydrogen-bond acceptors (Lipinski definition) is 5. The van der Waals surface area contributed by atoms with Crippen molar-refractivity contribution in [1.82, 2.24) is 14.9 Å². The van der Waals surface area contributed by atoms with Gasteiger partial charge in [0.2, 0.25) is 5.95 Å². The van der Waals surface area contributed by atoms with Gasteiger partial charge in [-0.1, -0.05) is 19.3 Å². The lowest BCUT2D eigenvalue weighted by Crippen LogP contribution is -2.46. The van der Waals surface area contributed by atoms with Gasteiger partial charge in [-0.25, -0.2) is 14.8 Å². The second-order valence-corrected chi connectivity index (χ2v) is 6.92. The van der Waals surface area contributed by atoms with E-state index in [2.05, 4.69) is 9.97 Å². The highest BCUT2D eigenvalue weighted by molar-refractivity contribution is 5.75. The fraction of sp³-hybridized carbons (Fsp3) is 0.688. The Hall–Kier alpha value is -1.89. The largest absolute Gasteiger partial charge is 0.368 e. The molecule has 1 aliphatic heterocycles. The summed E-state index contributed by atoms with van der Waals surface area (Å²) in [7, 11) is 1.55. The van der Waals surface area contributed by atoms with E-state index in [-0.39, 0.29) is 5.95 Å². The van der Waals surface area contributed by atoms with Gasteiger partial charge in [0.15, 0.2) is 6.23 Å². The molecule has 1 aromatic heterocycles. The van der Waals surface area contributed by atoms with E-state index >= 15 is 0 Å². The van der Waals surface area contributed by atoms with Gasteiger partial charge in [-0.3, -0.25) is 4.90 Å². The summed E-state index contributed by atoms with van der Waals surface area (Å²) in [5.74, 6) is 0.584. The van der Waals surface area contributed by atoms with Crippen molar-refractivity contribution in [3.63, 3.8) is 0 Å². The lowest BCUT2D eigenvalue weighted by Gasteiger charge is -2.35. The molecule has 1 aliphatic carbocycles. The molecule has 0 aromatic carbocycles.